The van der Waals surface area contributed by atoms with Crippen LogP contribution in [0.3, 0.4) is 0 Å². The van der Waals surface area contributed by atoms with Gasteiger partial charge >= 0.3 is 0 Å². The Bertz CT molecular complexity index is 764. The van der Waals surface area contributed by atoms with Gasteiger partial charge in [-0.05, 0) is 13.3 Å². The standard InChI is InChI=1S/C18H32N4O5S2/c1-4-5-6-7-8-9-10-11-12-22(13-16(24)21-25)29(26,27)17-14(2)19-18(28-17)20-15(3)23/h25H,4-13H2,1-3H3,(H,21,24)(H,19,20,23). The first kappa shape index (κ1) is 25.5. The molecule has 0 radical (unpaired) electrons. The van der Waals surface area contributed by atoms with Crippen molar-refractivity contribution in [2.75, 3.05) is 18.4 Å². The zero-order valence-corrected chi connectivity index (χ0v) is 19.0. The molecule has 0 aliphatic carbocycles. The fourth-order valence-electron chi connectivity index (χ4n) is 2.84. The Balaban J connectivity index is 2.78. The van der Waals surface area contributed by atoms with Gasteiger partial charge in [0.2, 0.25) is 5.91 Å². The predicted octanol–water partition coefficient (Wildman–Crippen LogP) is 3.05. The van der Waals surface area contributed by atoms with Crippen LogP contribution in [0.4, 0.5) is 5.13 Å². The Morgan fingerprint density at radius 1 is 1.10 bits per heavy atom. The van der Waals surface area contributed by atoms with Crippen LogP contribution in [-0.4, -0.2) is 47.8 Å². The summed E-state index contributed by atoms with van der Waals surface area (Å²) in [6.45, 7) is 4.70. The van der Waals surface area contributed by atoms with E-state index in [1.165, 1.54) is 45.0 Å². The van der Waals surface area contributed by atoms with Crippen LogP contribution in [0.2, 0.25) is 0 Å². The average Bonchev–Trinajstić information content (AvgIpc) is 3.02. The summed E-state index contributed by atoms with van der Waals surface area (Å²) in [6, 6.07) is 0. The van der Waals surface area contributed by atoms with Crippen molar-refractivity contribution in [3.63, 3.8) is 0 Å². The smallest absolute Gasteiger partial charge is 0.258 e. The van der Waals surface area contributed by atoms with Gasteiger partial charge in [-0.3, -0.25) is 14.8 Å². The van der Waals surface area contributed by atoms with Crippen LogP contribution >= 0.6 is 11.3 Å². The molecule has 0 fully saturated rings. The molecule has 1 aromatic rings. The molecular weight excluding hydrogens is 416 g/mol. The van der Waals surface area contributed by atoms with Gasteiger partial charge in [0.25, 0.3) is 15.9 Å². The highest BCUT2D eigenvalue weighted by Gasteiger charge is 2.30. The third-order valence-corrected chi connectivity index (χ3v) is 7.82. The van der Waals surface area contributed by atoms with Gasteiger partial charge in [0, 0.05) is 13.5 Å². The van der Waals surface area contributed by atoms with Crippen LogP contribution in [0, 0.1) is 6.92 Å². The van der Waals surface area contributed by atoms with Gasteiger partial charge in [-0.1, -0.05) is 63.2 Å². The molecule has 0 atom stereocenters. The minimum absolute atomic E-state index is 0.0217. The van der Waals surface area contributed by atoms with Gasteiger partial charge in [-0.25, -0.2) is 18.9 Å². The van der Waals surface area contributed by atoms with Crippen molar-refractivity contribution in [2.45, 2.75) is 76.3 Å². The molecule has 1 aromatic heterocycles. The molecule has 29 heavy (non-hydrogen) atoms. The summed E-state index contributed by atoms with van der Waals surface area (Å²) in [4.78, 5) is 26.9. The maximum absolute atomic E-state index is 13.1. The number of carbonyl (C=O) groups excluding carboxylic acids is 2. The molecule has 166 valence electrons. The summed E-state index contributed by atoms with van der Waals surface area (Å²) >= 11 is 0.846. The van der Waals surface area contributed by atoms with E-state index in [-0.39, 0.29) is 27.5 Å². The van der Waals surface area contributed by atoms with E-state index < -0.39 is 22.5 Å². The zero-order valence-electron chi connectivity index (χ0n) is 17.4. The quantitative estimate of drug-likeness (QED) is 0.228. The van der Waals surface area contributed by atoms with Crippen LogP contribution < -0.4 is 10.8 Å². The first-order valence-electron chi connectivity index (χ1n) is 9.90. The number of nitrogens with one attached hydrogen (secondary N) is 2. The number of carbonyl (C=O) groups is 2. The Kier molecular flexibility index (Phi) is 11.3. The molecule has 1 heterocycles. The minimum atomic E-state index is -3.99. The maximum Gasteiger partial charge on any atom is 0.258 e. The van der Waals surface area contributed by atoms with E-state index in [1.807, 2.05) is 0 Å². The van der Waals surface area contributed by atoms with Crippen molar-refractivity contribution in [3.8, 4) is 0 Å². The second-order valence-electron chi connectivity index (χ2n) is 6.92. The van der Waals surface area contributed by atoms with Crippen molar-refractivity contribution in [2.24, 2.45) is 0 Å². The highest BCUT2D eigenvalue weighted by Crippen LogP contribution is 2.30. The number of sulfonamides is 1. The molecule has 0 bridgehead atoms. The molecule has 1 rings (SSSR count). The van der Waals surface area contributed by atoms with E-state index in [1.54, 1.807) is 0 Å². The number of aromatic nitrogens is 1. The van der Waals surface area contributed by atoms with Gasteiger partial charge in [0.05, 0.1) is 12.2 Å². The van der Waals surface area contributed by atoms with Crippen LogP contribution in [0.5, 0.6) is 0 Å². The molecule has 0 unspecified atom stereocenters. The van der Waals surface area contributed by atoms with E-state index in [0.29, 0.717) is 6.42 Å². The molecule has 9 nitrogen and oxygen atoms in total. The number of hydroxylamine groups is 1. The van der Waals surface area contributed by atoms with E-state index in [2.05, 4.69) is 17.2 Å². The molecule has 0 spiro atoms. The van der Waals surface area contributed by atoms with Gasteiger partial charge in [-0.15, -0.1) is 0 Å². The van der Waals surface area contributed by atoms with Gasteiger partial charge < -0.3 is 5.32 Å². The minimum Gasteiger partial charge on any atom is -0.302 e. The Morgan fingerprint density at radius 3 is 2.24 bits per heavy atom. The number of aryl methyl sites for hydroxylation is 1. The van der Waals surface area contributed by atoms with Crippen molar-refractivity contribution in [1.82, 2.24) is 14.8 Å². The Hall–Kier alpha value is -1.56. The number of nitrogens with zero attached hydrogens (tertiary/aromatic N) is 2. The normalized spacial score (nSPS) is 11.6. The van der Waals surface area contributed by atoms with Crippen molar-refractivity contribution in [3.05, 3.63) is 5.69 Å². The van der Waals surface area contributed by atoms with E-state index in [9.17, 15) is 18.0 Å². The van der Waals surface area contributed by atoms with Crippen LogP contribution in [0.25, 0.3) is 0 Å². The third-order valence-electron chi connectivity index (χ3n) is 4.32. The summed E-state index contributed by atoms with van der Waals surface area (Å²) in [6.07, 6.45) is 8.41. The molecule has 11 heteroatoms. The van der Waals surface area contributed by atoms with Crippen molar-refractivity contribution >= 4 is 38.3 Å². The molecular formula is C18H32N4O5S2. The second-order valence-corrected chi connectivity index (χ2v) is 10.1. The molecule has 0 saturated heterocycles. The number of amides is 2. The monoisotopic (exact) mass is 448 g/mol. The topological polar surface area (TPSA) is 129 Å². The summed E-state index contributed by atoms with van der Waals surface area (Å²) < 4.78 is 27.2. The number of hydrogen-bond donors (Lipinski definition) is 3. The van der Waals surface area contributed by atoms with Gasteiger partial charge in [0.1, 0.15) is 0 Å². The lowest BCUT2D eigenvalue weighted by Gasteiger charge is -2.20. The molecule has 0 aromatic carbocycles. The molecule has 0 aliphatic rings. The zero-order chi connectivity index (χ0) is 21.9. The summed E-state index contributed by atoms with van der Waals surface area (Å²) in [5.41, 5.74) is 1.73. The molecule has 3 N–H and O–H groups in total. The van der Waals surface area contributed by atoms with E-state index in [0.717, 1.165) is 34.9 Å². The number of anilines is 1. The van der Waals surface area contributed by atoms with Gasteiger partial charge in [-0.2, -0.15) is 4.31 Å². The molecule has 2 amide bonds. The number of thiazole rings is 1. The second kappa shape index (κ2) is 12.9. The number of unbranched alkanes of at least 4 members (excludes halogenated alkanes) is 7. The number of hydrogen-bond acceptors (Lipinski definition) is 7. The molecule has 0 aliphatic heterocycles. The lowest BCUT2D eigenvalue weighted by molar-refractivity contribution is -0.129. The number of rotatable bonds is 14. The summed E-state index contributed by atoms with van der Waals surface area (Å²) in [5, 5.41) is 11.5. The van der Waals surface area contributed by atoms with E-state index in [4.69, 9.17) is 5.21 Å². The highest BCUT2D eigenvalue weighted by atomic mass is 32.2. The predicted molar refractivity (Wildman–Crippen MR) is 112 cm³/mol. The Morgan fingerprint density at radius 2 is 1.69 bits per heavy atom. The van der Waals surface area contributed by atoms with Crippen LogP contribution in [0.15, 0.2) is 4.21 Å². The van der Waals surface area contributed by atoms with Crippen LogP contribution in [-0.2, 0) is 19.6 Å². The van der Waals surface area contributed by atoms with E-state index >= 15 is 0 Å². The Labute approximate surface area is 176 Å². The van der Waals surface area contributed by atoms with Gasteiger partial charge in [0.15, 0.2) is 9.34 Å². The van der Waals surface area contributed by atoms with Crippen molar-refractivity contribution < 1.29 is 23.2 Å². The highest BCUT2D eigenvalue weighted by molar-refractivity contribution is 7.91. The lowest BCUT2D eigenvalue weighted by Crippen LogP contribution is -2.40. The first-order valence-corrected chi connectivity index (χ1v) is 12.2. The summed E-state index contributed by atoms with van der Waals surface area (Å²) in [7, 11) is -3.99. The SMILES string of the molecule is CCCCCCCCCCN(CC(=O)NO)S(=O)(=O)c1sc(NC(C)=O)nc1C. The summed E-state index contributed by atoms with van der Waals surface area (Å²) in [5.74, 6) is -1.16. The third kappa shape index (κ3) is 8.77. The lowest BCUT2D eigenvalue weighted by atomic mass is 10.1. The maximum atomic E-state index is 13.1. The average molecular weight is 449 g/mol. The fourth-order valence-corrected chi connectivity index (χ4v) is 5.88. The largest absolute Gasteiger partial charge is 0.302 e. The molecule has 0 saturated carbocycles. The fraction of sp³-hybridized carbons (Fsp3) is 0.722. The van der Waals surface area contributed by atoms with Crippen molar-refractivity contribution in [1.29, 1.82) is 0 Å². The first-order chi connectivity index (χ1) is 13.7. The van der Waals surface area contributed by atoms with Crippen LogP contribution in [0.1, 0.15) is 70.9 Å².